The van der Waals surface area contributed by atoms with Crippen LogP contribution in [-0.2, 0) is 0 Å². The van der Waals surface area contributed by atoms with Crippen molar-refractivity contribution in [3.05, 3.63) is 18.2 Å². The van der Waals surface area contributed by atoms with E-state index in [4.69, 9.17) is 5.73 Å². The average Bonchev–Trinajstić information content (AvgIpc) is 2.85. The zero-order valence-electron chi connectivity index (χ0n) is 9.39. The topological polar surface area (TPSA) is 43.8 Å². The molecule has 84 valence electrons. The maximum Gasteiger partial charge on any atom is 0.0951 e. The largest absolute Gasteiger partial charge is 0.329 e. The number of nitrogens with two attached hydrogens (primary N) is 1. The van der Waals surface area contributed by atoms with Gasteiger partial charge in [-0.25, -0.2) is 4.98 Å². The molecule has 2 N–H and O–H groups in total. The van der Waals surface area contributed by atoms with Crippen LogP contribution in [0.5, 0.6) is 0 Å². The third-order valence-corrected chi connectivity index (χ3v) is 4.40. The fraction of sp³-hybridized carbons (Fsp3) is 0.727. The van der Waals surface area contributed by atoms with E-state index in [1.807, 2.05) is 31.2 Å². The lowest BCUT2D eigenvalue weighted by molar-refractivity contribution is 0.497. The molecule has 1 heterocycles. The van der Waals surface area contributed by atoms with Crippen LogP contribution in [0.3, 0.4) is 0 Å². The number of hydrogen-bond acceptors (Lipinski definition) is 3. The monoisotopic (exact) mass is 225 g/mol. The lowest BCUT2D eigenvalue weighted by Crippen LogP contribution is -2.20. The first-order chi connectivity index (χ1) is 7.24. The van der Waals surface area contributed by atoms with Gasteiger partial charge in [0.05, 0.1) is 12.0 Å². The van der Waals surface area contributed by atoms with Gasteiger partial charge in [0, 0.05) is 23.5 Å². The third-order valence-electron chi connectivity index (χ3n) is 3.24. The molecule has 0 aromatic carbocycles. The van der Waals surface area contributed by atoms with Gasteiger partial charge in [0.15, 0.2) is 0 Å². The molecule has 0 saturated heterocycles. The highest BCUT2D eigenvalue weighted by Gasteiger charge is 2.29. The van der Waals surface area contributed by atoms with Crippen LogP contribution < -0.4 is 5.73 Å². The van der Waals surface area contributed by atoms with Crippen molar-refractivity contribution in [2.45, 2.75) is 43.5 Å². The van der Waals surface area contributed by atoms with Gasteiger partial charge in [-0.3, -0.25) is 0 Å². The zero-order valence-corrected chi connectivity index (χ0v) is 10.2. The molecule has 4 heteroatoms. The van der Waals surface area contributed by atoms with Crippen molar-refractivity contribution >= 4 is 11.8 Å². The average molecular weight is 225 g/mol. The number of imidazole rings is 1. The molecule has 1 aromatic rings. The quantitative estimate of drug-likeness (QED) is 0.859. The Labute approximate surface area is 95.4 Å². The fourth-order valence-corrected chi connectivity index (χ4v) is 3.43. The molecule has 0 bridgehead atoms. The van der Waals surface area contributed by atoms with Gasteiger partial charge in [-0.1, -0.05) is 6.42 Å². The van der Waals surface area contributed by atoms with Crippen LogP contribution in [0, 0.1) is 0 Å². The first kappa shape index (κ1) is 11.0. The molecule has 1 aliphatic carbocycles. The highest BCUT2D eigenvalue weighted by molar-refractivity contribution is 7.99. The van der Waals surface area contributed by atoms with Gasteiger partial charge in [-0.05, 0) is 26.0 Å². The Morgan fingerprint density at radius 1 is 1.60 bits per heavy atom. The second kappa shape index (κ2) is 4.58. The molecule has 0 radical (unpaired) electrons. The number of aromatic nitrogens is 2. The Morgan fingerprint density at radius 3 is 3.07 bits per heavy atom. The van der Waals surface area contributed by atoms with Crippen molar-refractivity contribution in [2.75, 3.05) is 6.26 Å². The molecule has 0 amide bonds. The molecular weight excluding hydrogens is 206 g/mol. The summed E-state index contributed by atoms with van der Waals surface area (Å²) in [5.41, 5.74) is 7.11. The maximum atomic E-state index is 5.95. The summed E-state index contributed by atoms with van der Waals surface area (Å²) < 4.78 is 2.29. The first-order valence-corrected chi connectivity index (χ1v) is 6.83. The minimum atomic E-state index is 0.0793. The van der Waals surface area contributed by atoms with E-state index in [-0.39, 0.29) is 6.04 Å². The van der Waals surface area contributed by atoms with Gasteiger partial charge in [0.2, 0.25) is 0 Å². The number of hydrogen-bond donors (Lipinski definition) is 1. The Hall–Kier alpha value is -0.480. The molecule has 2 unspecified atom stereocenters. The third kappa shape index (κ3) is 2.06. The molecule has 2 rings (SSSR count). The van der Waals surface area contributed by atoms with Gasteiger partial charge < -0.3 is 10.3 Å². The van der Waals surface area contributed by atoms with Gasteiger partial charge in [0.1, 0.15) is 0 Å². The van der Waals surface area contributed by atoms with Crippen molar-refractivity contribution in [3.63, 3.8) is 0 Å². The molecule has 0 aliphatic heterocycles. The molecule has 0 spiro atoms. The van der Waals surface area contributed by atoms with Crippen LogP contribution in [0.4, 0.5) is 0 Å². The molecule has 1 aliphatic rings. The molecule has 1 saturated carbocycles. The van der Waals surface area contributed by atoms with Crippen LogP contribution in [0.15, 0.2) is 12.5 Å². The lowest BCUT2D eigenvalue weighted by Gasteiger charge is -2.22. The van der Waals surface area contributed by atoms with Crippen molar-refractivity contribution < 1.29 is 0 Å². The van der Waals surface area contributed by atoms with Gasteiger partial charge in [0.25, 0.3) is 0 Å². The van der Waals surface area contributed by atoms with E-state index in [2.05, 4.69) is 15.8 Å². The molecule has 1 aromatic heterocycles. The summed E-state index contributed by atoms with van der Waals surface area (Å²) in [6, 6.07) is 0.680. The van der Waals surface area contributed by atoms with E-state index in [0.717, 1.165) is 5.25 Å². The van der Waals surface area contributed by atoms with E-state index < -0.39 is 0 Å². The molecular formula is C11H19N3S. The Kier molecular flexibility index (Phi) is 3.36. The summed E-state index contributed by atoms with van der Waals surface area (Å²) in [6.45, 7) is 2.02. The summed E-state index contributed by atoms with van der Waals surface area (Å²) in [5.74, 6) is 0. The summed E-state index contributed by atoms with van der Waals surface area (Å²) in [6.07, 6.45) is 9.96. The zero-order chi connectivity index (χ0) is 10.8. The standard InChI is InChI=1S/C11H19N3S/c1-8(12)10-6-13-7-14(10)9-4-3-5-11(9)15-2/h6-9,11H,3-5,12H2,1-2H3/t8-,9?,11?/m0/s1. The predicted octanol–water partition coefficient (Wildman–Crippen LogP) is 2.36. The minimum absolute atomic E-state index is 0.0793. The highest BCUT2D eigenvalue weighted by Crippen LogP contribution is 2.38. The smallest absolute Gasteiger partial charge is 0.0951 e. The molecule has 1 fully saturated rings. The molecule has 3 nitrogen and oxygen atoms in total. The Balaban J connectivity index is 2.24. The highest BCUT2D eigenvalue weighted by atomic mass is 32.2. The minimum Gasteiger partial charge on any atom is -0.329 e. The molecule has 15 heavy (non-hydrogen) atoms. The van der Waals surface area contributed by atoms with E-state index in [9.17, 15) is 0 Å². The van der Waals surface area contributed by atoms with E-state index in [1.165, 1.54) is 25.0 Å². The van der Waals surface area contributed by atoms with Gasteiger partial charge >= 0.3 is 0 Å². The fourth-order valence-electron chi connectivity index (χ4n) is 2.44. The SMILES string of the molecule is CSC1CCCC1n1cncc1[C@H](C)N. The van der Waals surface area contributed by atoms with E-state index in [1.54, 1.807) is 0 Å². The van der Waals surface area contributed by atoms with E-state index >= 15 is 0 Å². The summed E-state index contributed by atoms with van der Waals surface area (Å²) in [5, 5.41) is 0.733. The summed E-state index contributed by atoms with van der Waals surface area (Å²) in [4.78, 5) is 4.23. The van der Waals surface area contributed by atoms with Crippen LogP contribution in [-0.4, -0.2) is 21.1 Å². The van der Waals surface area contributed by atoms with Crippen LogP contribution in [0.25, 0.3) is 0 Å². The maximum absolute atomic E-state index is 5.95. The summed E-state index contributed by atoms with van der Waals surface area (Å²) >= 11 is 1.97. The van der Waals surface area contributed by atoms with Crippen molar-refractivity contribution in [3.8, 4) is 0 Å². The lowest BCUT2D eigenvalue weighted by atomic mass is 10.2. The van der Waals surface area contributed by atoms with Crippen LogP contribution in [0.1, 0.15) is 44.0 Å². The van der Waals surface area contributed by atoms with E-state index in [0.29, 0.717) is 6.04 Å². The van der Waals surface area contributed by atoms with Crippen LogP contribution in [0.2, 0.25) is 0 Å². The normalized spacial score (nSPS) is 28.2. The second-order valence-corrected chi connectivity index (χ2v) is 5.36. The number of rotatable bonds is 3. The first-order valence-electron chi connectivity index (χ1n) is 5.54. The molecule has 3 atom stereocenters. The summed E-state index contributed by atoms with van der Waals surface area (Å²) in [7, 11) is 0. The van der Waals surface area contributed by atoms with Gasteiger partial charge in [-0.15, -0.1) is 0 Å². The van der Waals surface area contributed by atoms with Crippen molar-refractivity contribution in [1.82, 2.24) is 9.55 Å². The number of nitrogens with zero attached hydrogens (tertiary/aromatic N) is 2. The van der Waals surface area contributed by atoms with Crippen molar-refractivity contribution in [1.29, 1.82) is 0 Å². The second-order valence-electron chi connectivity index (χ2n) is 4.29. The van der Waals surface area contributed by atoms with Crippen LogP contribution >= 0.6 is 11.8 Å². The Morgan fingerprint density at radius 2 is 2.40 bits per heavy atom. The van der Waals surface area contributed by atoms with Crippen molar-refractivity contribution in [2.24, 2.45) is 5.73 Å². The predicted molar refractivity (Wildman–Crippen MR) is 65.0 cm³/mol. The van der Waals surface area contributed by atoms with Gasteiger partial charge in [-0.2, -0.15) is 11.8 Å². The Bertz CT molecular complexity index is 321. The number of thioether (sulfide) groups is 1.